The van der Waals surface area contributed by atoms with Gasteiger partial charge in [-0.2, -0.15) is 0 Å². The molecule has 0 bridgehead atoms. The van der Waals surface area contributed by atoms with Crippen molar-refractivity contribution < 1.29 is 14.3 Å². The van der Waals surface area contributed by atoms with Crippen molar-refractivity contribution in [3.05, 3.63) is 59.1 Å². The number of amides is 1. The summed E-state index contributed by atoms with van der Waals surface area (Å²) in [4.78, 5) is 14.2. The second kappa shape index (κ2) is 7.58. The number of nitrogens with zero attached hydrogens (tertiary/aromatic N) is 1. The first-order chi connectivity index (χ1) is 11.7. The van der Waals surface area contributed by atoms with E-state index in [2.05, 4.69) is 12.1 Å². The summed E-state index contributed by atoms with van der Waals surface area (Å²) in [5, 5.41) is 0.649. The predicted molar refractivity (Wildman–Crippen MR) is 93.9 cm³/mol. The predicted octanol–water partition coefficient (Wildman–Crippen LogP) is 3.74. The summed E-state index contributed by atoms with van der Waals surface area (Å²) in [6, 6.07) is 15.1. The monoisotopic (exact) mass is 345 g/mol. The van der Waals surface area contributed by atoms with Gasteiger partial charge in [0.05, 0.1) is 7.11 Å². The zero-order valence-corrected chi connectivity index (χ0v) is 14.3. The molecule has 0 radical (unpaired) electrons. The van der Waals surface area contributed by atoms with E-state index in [0.29, 0.717) is 16.7 Å². The minimum atomic E-state index is 0.0148. The average Bonchev–Trinajstić information content (AvgIpc) is 3.11. The van der Waals surface area contributed by atoms with Gasteiger partial charge in [-0.1, -0.05) is 23.7 Å². The summed E-state index contributed by atoms with van der Waals surface area (Å²) in [5.41, 5.74) is 1.24. The molecular weight excluding hydrogens is 326 g/mol. The van der Waals surface area contributed by atoms with Gasteiger partial charge in [0, 0.05) is 24.0 Å². The molecule has 1 atom stereocenters. The summed E-state index contributed by atoms with van der Waals surface area (Å²) in [6.45, 7) is 1.55. The van der Waals surface area contributed by atoms with Gasteiger partial charge in [-0.05, 0) is 48.4 Å². The molecule has 4 nitrogen and oxygen atoms in total. The van der Waals surface area contributed by atoms with Gasteiger partial charge in [-0.25, -0.2) is 0 Å². The van der Waals surface area contributed by atoms with E-state index in [1.54, 1.807) is 31.4 Å². The lowest BCUT2D eigenvalue weighted by molar-refractivity contribution is -0.132. The fourth-order valence-corrected chi connectivity index (χ4v) is 3.03. The minimum Gasteiger partial charge on any atom is -0.497 e. The molecule has 1 aliphatic heterocycles. The molecule has 0 aliphatic carbocycles. The van der Waals surface area contributed by atoms with Gasteiger partial charge < -0.3 is 14.4 Å². The number of benzene rings is 2. The van der Waals surface area contributed by atoms with Gasteiger partial charge in [0.2, 0.25) is 0 Å². The fourth-order valence-electron chi connectivity index (χ4n) is 2.90. The molecule has 0 aromatic heterocycles. The highest BCUT2D eigenvalue weighted by Gasteiger charge is 2.27. The Kier molecular flexibility index (Phi) is 5.26. The van der Waals surface area contributed by atoms with Gasteiger partial charge >= 0.3 is 0 Å². The molecule has 24 heavy (non-hydrogen) atoms. The summed E-state index contributed by atoms with van der Waals surface area (Å²) in [6.07, 6.45) is 0.971. The number of rotatable bonds is 5. The third-order valence-electron chi connectivity index (χ3n) is 4.30. The number of halogens is 1. The summed E-state index contributed by atoms with van der Waals surface area (Å²) >= 11 is 5.83. The number of methoxy groups -OCH3 is 1. The number of hydrogen-bond acceptors (Lipinski definition) is 3. The molecule has 1 aliphatic rings. The van der Waals surface area contributed by atoms with Gasteiger partial charge in [0.15, 0.2) is 6.61 Å². The van der Waals surface area contributed by atoms with E-state index >= 15 is 0 Å². The van der Waals surface area contributed by atoms with Crippen LogP contribution in [0, 0.1) is 0 Å². The molecule has 0 N–H and O–H groups in total. The highest BCUT2D eigenvalue weighted by molar-refractivity contribution is 6.30. The molecule has 5 heteroatoms. The fraction of sp³-hybridized carbons (Fsp3) is 0.316. The van der Waals surface area contributed by atoms with Crippen LogP contribution < -0.4 is 9.47 Å². The summed E-state index contributed by atoms with van der Waals surface area (Å²) in [5.74, 6) is 1.89. The van der Waals surface area contributed by atoms with E-state index in [1.165, 1.54) is 5.56 Å². The van der Waals surface area contributed by atoms with Gasteiger partial charge in [-0.3, -0.25) is 4.79 Å². The largest absolute Gasteiger partial charge is 0.497 e. The molecule has 2 aromatic rings. The maximum absolute atomic E-state index is 12.3. The highest BCUT2D eigenvalue weighted by atomic mass is 35.5. The quantitative estimate of drug-likeness (QED) is 0.828. The van der Waals surface area contributed by atoms with Crippen molar-refractivity contribution in [1.29, 1.82) is 0 Å². The number of carbonyl (C=O) groups excluding carboxylic acids is 1. The second-order valence-electron chi connectivity index (χ2n) is 5.84. The summed E-state index contributed by atoms with van der Waals surface area (Å²) in [7, 11) is 1.66. The molecule has 1 amide bonds. The van der Waals surface area contributed by atoms with Crippen molar-refractivity contribution in [2.24, 2.45) is 0 Å². The van der Waals surface area contributed by atoms with Crippen molar-refractivity contribution in [3.8, 4) is 11.5 Å². The van der Waals surface area contributed by atoms with E-state index in [-0.39, 0.29) is 12.5 Å². The Hall–Kier alpha value is -2.20. The number of hydrogen-bond donors (Lipinski definition) is 0. The Morgan fingerprint density at radius 3 is 2.46 bits per heavy atom. The van der Waals surface area contributed by atoms with E-state index in [0.717, 1.165) is 25.3 Å². The Balaban J connectivity index is 1.52. The van der Waals surface area contributed by atoms with Gasteiger partial charge in [0.1, 0.15) is 11.5 Å². The van der Waals surface area contributed by atoms with Crippen molar-refractivity contribution in [1.82, 2.24) is 4.90 Å². The topological polar surface area (TPSA) is 38.8 Å². The molecule has 3 rings (SSSR count). The third-order valence-corrected chi connectivity index (χ3v) is 4.56. The molecule has 1 heterocycles. The Labute approximate surface area is 146 Å². The van der Waals surface area contributed by atoms with E-state index < -0.39 is 0 Å². The van der Waals surface area contributed by atoms with Crippen molar-refractivity contribution >= 4 is 17.5 Å². The van der Waals surface area contributed by atoms with Crippen LogP contribution in [0.3, 0.4) is 0 Å². The molecule has 1 fully saturated rings. The standard InChI is InChI=1S/C19H20ClNO3/c1-23-17-6-2-14(3-7-17)15-10-11-21(12-15)19(22)13-24-18-8-4-16(20)5-9-18/h2-9,15H,10-13H2,1H3. The Bertz CT molecular complexity index is 685. The zero-order chi connectivity index (χ0) is 16.9. The SMILES string of the molecule is COc1ccc(C2CCN(C(=O)COc3ccc(Cl)cc3)C2)cc1. The molecule has 1 unspecified atom stereocenters. The first kappa shape index (κ1) is 16.7. The van der Waals surface area contributed by atoms with E-state index in [4.69, 9.17) is 21.1 Å². The van der Waals surface area contributed by atoms with Crippen LogP contribution in [0.15, 0.2) is 48.5 Å². The Morgan fingerprint density at radius 2 is 1.79 bits per heavy atom. The second-order valence-corrected chi connectivity index (χ2v) is 6.28. The lowest BCUT2D eigenvalue weighted by Gasteiger charge is -2.17. The van der Waals surface area contributed by atoms with Crippen LogP contribution in [0.25, 0.3) is 0 Å². The maximum Gasteiger partial charge on any atom is 0.260 e. The minimum absolute atomic E-state index is 0.0148. The number of likely N-dealkylation sites (tertiary alicyclic amines) is 1. The smallest absolute Gasteiger partial charge is 0.260 e. The van der Waals surface area contributed by atoms with Crippen LogP contribution in [0.2, 0.25) is 5.02 Å². The molecule has 0 saturated carbocycles. The average molecular weight is 346 g/mol. The lowest BCUT2D eigenvalue weighted by Crippen LogP contribution is -2.32. The van der Waals surface area contributed by atoms with E-state index in [9.17, 15) is 4.79 Å². The number of carbonyl (C=O) groups is 1. The number of ether oxygens (including phenoxy) is 2. The van der Waals surface area contributed by atoms with Gasteiger partial charge in [-0.15, -0.1) is 0 Å². The molecule has 2 aromatic carbocycles. The normalized spacial score (nSPS) is 16.9. The van der Waals surface area contributed by atoms with Crippen molar-refractivity contribution in [2.45, 2.75) is 12.3 Å². The van der Waals surface area contributed by atoms with Crippen LogP contribution in [0.4, 0.5) is 0 Å². The highest BCUT2D eigenvalue weighted by Crippen LogP contribution is 2.28. The maximum atomic E-state index is 12.3. The van der Waals surface area contributed by atoms with Crippen LogP contribution >= 0.6 is 11.6 Å². The first-order valence-electron chi connectivity index (χ1n) is 7.96. The zero-order valence-electron chi connectivity index (χ0n) is 13.6. The molecule has 0 spiro atoms. The first-order valence-corrected chi connectivity index (χ1v) is 8.33. The molecule has 126 valence electrons. The van der Waals surface area contributed by atoms with E-state index in [1.807, 2.05) is 17.0 Å². The lowest BCUT2D eigenvalue weighted by atomic mass is 9.98. The van der Waals surface area contributed by atoms with Crippen molar-refractivity contribution in [2.75, 3.05) is 26.8 Å². The Morgan fingerprint density at radius 1 is 1.12 bits per heavy atom. The molecule has 1 saturated heterocycles. The summed E-state index contributed by atoms with van der Waals surface area (Å²) < 4.78 is 10.7. The van der Waals surface area contributed by atoms with Crippen LogP contribution in [-0.2, 0) is 4.79 Å². The van der Waals surface area contributed by atoms with Gasteiger partial charge in [0.25, 0.3) is 5.91 Å². The van der Waals surface area contributed by atoms with Crippen LogP contribution in [0.1, 0.15) is 17.9 Å². The van der Waals surface area contributed by atoms with Crippen molar-refractivity contribution in [3.63, 3.8) is 0 Å². The third kappa shape index (κ3) is 4.01. The van der Waals surface area contributed by atoms with Crippen LogP contribution in [-0.4, -0.2) is 37.6 Å². The molecular formula is C19H20ClNO3. The van der Waals surface area contributed by atoms with Crippen LogP contribution in [0.5, 0.6) is 11.5 Å².